The maximum atomic E-state index is 12.9. The molecule has 172 valence electrons. The Balaban J connectivity index is 1.53. The molecule has 0 bridgehead atoms. The Morgan fingerprint density at radius 1 is 1.03 bits per heavy atom. The van der Waals surface area contributed by atoms with Gasteiger partial charge in [-0.15, -0.1) is 0 Å². The van der Waals surface area contributed by atoms with Gasteiger partial charge in [0, 0.05) is 32.4 Å². The van der Waals surface area contributed by atoms with E-state index in [1.165, 1.54) is 10.5 Å². The number of esters is 1. The number of likely N-dealkylation sites (tertiary alicyclic amines) is 1. The first-order valence-electron chi connectivity index (χ1n) is 11.1. The van der Waals surface area contributed by atoms with Crippen molar-refractivity contribution in [2.75, 3.05) is 25.0 Å². The number of hydrogen-bond donors (Lipinski definition) is 1. The van der Waals surface area contributed by atoms with Crippen molar-refractivity contribution in [3.05, 3.63) is 65.7 Å². The van der Waals surface area contributed by atoms with Crippen LogP contribution in [0.25, 0.3) is 0 Å². The summed E-state index contributed by atoms with van der Waals surface area (Å²) < 4.78 is 5.37. The predicted molar refractivity (Wildman–Crippen MR) is 126 cm³/mol. The van der Waals surface area contributed by atoms with Crippen LogP contribution < -0.4 is 4.90 Å². The highest BCUT2D eigenvalue weighted by atomic mass is 16.6. The van der Waals surface area contributed by atoms with Crippen LogP contribution >= 0.6 is 0 Å². The Bertz CT molecular complexity index is 911. The highest BCUT2D eigenvalue weighted by molar-refractivity contribution is 5.95. The number of aliphatic hydroxyl groups is 1. The SMILES string of the molecule is CN(C(=O)CC1(O)CCN(Cc2ccccc2)CC1)c1ccc(C(=O)OC(C)(C)C)cc1. The standard InChI is InChI=1S/C26H34N2O4/c1-25(2,3)32-24(30)21-10-12-22(13-11-21)27(4)23(29)18-26(31)14-16-28(17-15-26)19-20-8-6-5-7-9-20/h5-13,31H,14-19H2,1-4H3. The average Bonchev–Trinajstić information content (AvgIpc) is 2.74. The zero-order chi connectivity index (χ0) is 23.4. The Morgan fingerprint density at radius 3 is 2.19 bits per heavy atom. The van der Waals surface area contributed by atoms with Crippen LogP contribution in [0.2, 0.25) is 0 Å². The van der Waals surface area contributed by atoms with Crippen molar-refractivity contribution in [1.82, 2.24) is 4.90 Å². The van der Waals surface area contributed by atoms with Crippen LogP contribution in [0.3, 0.4) is 0 Å². The van der Waals surface area contributed by atoms with Crippen LogP contribution in [0.15, 0.2) is 54.6 Å². The summed E-state index contributed by atoms with van der Waals surface area (Å²) in [6.45, 7) is 7.84. The molecule has 32 heavy (non-hydrogen) atoms. The number of piperidine rings is 1. The maximum Gasteiger partial charge on any atom is 0.338 e. The third-order valence-electron chi connectivity index (χ3n) is 5.78. The Hall–Kier alpha value is -2.70. The summed E-state index contributed by atoms with van der Waals surface area (Å²) in [5.41, 5.74) is 0.814. The molecule has 1 amide bonds. The van der Waals surface area contributed by atoms with Crippen molar-refractivity contribution in [3.63, 3.8) is 0 Å². The van der Waals surface area contributed by atoms with Gasteiger partial charge in [0.1, 0.15) is 5.60 Å². The third-order valence-corrected chi connectivity index (χ3v) is 5.78. The van der Waals surface area contributed by atoms with Gasteiger partial charge in [0.25, 0.3) is 0 Å². The second-order valence-electron chi connectivity index (χ2n) is 9.66. The topological polar surface area (TPSA) is 70.1 Å². The summed E-state index contributed by atoms with van der Waals surface area (Å²) >= 11 is 0. The van der Waals surface area contributed by atoms with Crippen molar-refractivity contribution >= 4 is 17.6 Å². The number of nitrogens with zero attached hydrogens (tertiary/aromatic N) is 2. The van der Waals surface area contributed by atoms with Crippen molar-refractivity contribution in [3.8, 4) is 0 Å². The second-order valence-corrected chi connectivity index (χ2v) is 9.66. The van der Waals surface area contributed by atoms with Gasteiger partial charge in [-0.1, -0.05) is 30.3 Å². The summed E-state index contributed by atoms with van der Waals surface area (Å²) in [6, 6.07) is 17.0. The molecule has 0 saturated carbocycles. The number of benzene rings is 2. The summed E-state index contributed by atoms with van der Waals surface area (Å²) in [7, 11) is 1.69. The van der Waals surface area contributed by atoms with E-state index in [0.717, 1.165) is 19.6 Å². The number of anilines is 1. The van der Waals surface area contributed by atoms with Crippen molar-refractivity contribution in [2.24, 2.45) is 0 Å². The number of amides is 1. The number of carbonyl (C=O) groups excluding carboxylic acids is 2. The fourth-order valence-electron chi connectivity index (χ4n) is 3.85. The van der Waals surface area contributed by atoms with Gasteiger partial charge < -0.3 is 14.7 Å². The minimum absolute atomic E-state index is 0.0799. The normalized spacial score (nSPS) is 16.4. The number of ether oxygens (including phenoxy) is 1. The first kappa shape index (κ1) is 24.0. The molecule has 0 spiro atoms. The van der Waals surface area contributed by atoms with E-state index in [-0.39, 0.29) is 12.3 Å². The smallest absolute Gasteiger partial charge is 0.338 e. The quantitative estimate of drug-likeness (QED) is 0.690. The molecular weight excluding hydrogens is 404 g/mol. The van der Waals surface area contributed by atoms with Crippen molar-refractivity contribution in [2.45, 2.75) is 57.8 Å². The molecule has 0 radical (unpaired) electrons. The van der Waals surface area contributed by atoms with E-state index >= 15 is 0 Å². The van der Waals surface area contributed by atoms with Crippen LogP contribution in [0, 0.1) is 0 Å². The lowest BCUT2D eigenvalue weighted by atomic mass is 9.87. The lowest BCUT2D eigenvalue weighted by molar-refractivity contribution is -0.125. The fourth-order valence-corrected chi connectivity index (χ4v) is 3.85. The molecule has 2 aromatic carbocycles. The van der Waals surface area contributed by atoms with Gasteiger partial charge in [-0.05, 0) is 63.4 Å². The highest BCUT2D eigenvalue weighted by Crippen LogP contribution is 2.28. The molecule has 3 rings (SSSR count). The summed E-state index contributed by atoms with van der Waals surface area (Å²) in [5, 5.41) is 11.0. The van der Waals surface area contributed by atoms with Gasteiger partial charge in [-0.25, -0.2) is 4.79 Å². The predicted octanol–water partition coefficient (Wildman–Crippen LogP) is 4.02. The average molecular weight is 439 g/mol. The van der Waals surface area contributed by atoms with Crippen LogP contribution in [0.4, 0.5) is 5.69 Å². The zero-order valence-electron chi connectivity index (χ0n) is 19.5. The summed E-state index contributed by atoms with van der Waals surface area (Å²) in [4.78, 5) is 28.9. The molecule has 1 aliphatic rings. The van der Waals surface area contributed by atoms with E-state index in [0.29, 0.717) is 24.1 Å². The third kappa shape index (κ3) is 6.65. The lowest BCUT2D eigenvalue weighted by Gasteiger charge is -2.38. The molecule has 6 heteroatoms. The van der Waals surface area contributed by atoms with Gasteiger partial charge in [-0.2, -0.15) is 0 Å². The van der Waals surface area contributed by atoms with E-state index in [1.807, 2.05) is 39.0 Å². The minimum atomic E-state index is -0.991. The van der Waals surface area contributed by atoms with Crippen LogP contribution in [-0.2, 0) is 16.1 Å². The number of rotatable bonds is 6. The van der Waals surface area contributed by atoms with Gasteiger partial charge in [0.05, 0.1) is 17.6 Å². The second kappa shape index (κ2) is 9.84. The molecule has 1 fully saturated rings. The van der Waals surface area contributed by atoms with Gasteiger partial charge in [0.15, 0.2) is 0 Å². The fraction of sp³-hybridized carbons (Fsp3) is 0.462. The van der Waals surface area contributed by atoms with Crippen LogP contribution in [0.1, 0.15) is 56.0 Å². The molecule has 0 unspecified atom stereocenters. The van der Waals surface area contributed by atoms with Gasteiger partial charge in [-0.3, -0.25) is 9.69 Å². The molecule has 0 aromatic heterocycles. The maximum absolute atomic E-state index is 12.9. The molecule has 1 N–H and O–H groups in total. The van der Waals surface area contributed by atoms with Gasteiger partial charge >= 0.3 is 5.97 Å². The molecular formula is C26H34N2O4. The summed E-state index contributed by atoms with van der Waals surface area (Å²) in [5.74, 6) is -0.538. The molecule has 1 aliphatic heterocycles. The van der Waals surface area contributed by atoms with E-state index < -0.39 is 17.2 Å². The molecule has 6 nitrogen and oxygen atoms in total. The first-order valence-corrected chi connectivity index (χ1v) is 11.1. The Labute approximate surface area is 190 Å². The Kier molecular flexibility index (Phi) is 7.36. The molecule has 1 heterocycles. The molecule has 1 saturated heterocycles. The van der Waals surface area contributed by atoms with Gasteiger partial charge in [0.2, 0.25) is 5.91 Å². The summed E-state index contributed by atoms with van der Waals surface area (Å²) in [6.07, 6.45) is 1.21. The first-order chi connectivity index (χ1) is 15.0. The van der Waals surface area contributed by atoms with E-state index in [4.69, 9.17) is 4.74 Å². The number of carbonyl (C=O) groups is 2. The molecule has 0 atom stereocenters. The minimum Gasteiger partial charge on any atom is -0.456 e. The zero-order valence-corrected chi connectivity index (χ0v) is 19.5. The van der Waals surface area contributed by atoms with Crippen LogP contribution in [0.5, 0.6) is 0 Å². The van der Waals surface area contributed by atoms with E-state index in [1.54, 1.807) is 31.3 Å². The molecule has 2 aromatic rings. The molecule has 0 aliphatic carbocycles. The van der Waals surface area contributed by atoms with Crippen molar-refractivity contribution < 1.29 is 19.4 Å². The number of hydrogen-bond acceptors (Lipinski definition) is 5. The monoisotopic (exact) mass is 438 g/mol. The Morgan fingerprint density at radius 2 is 1.62 bits per heavy atom. The highest BCUT2D eigenvalue weighted by Gasteiger charge is 2.35. The van der Waals surface area contributed by atoms with E-state index in [9.17, 15) is 14.7 Å². The van der Waals surface area contributed by atoms with Crippen LogP contribution in [-0.4, -0.2) is 53.2 Å². The lowest BCUT2D eigenvalue weighted by Crippen LogP contribution is -2.47. The van der Waals surface area contributed by atoms with E-state index in [2.05, 4.69) is 17.0 Å². The largest absolute Gasteiger partial charge is 0.456 e. The van der Waals surface area contributed by atoms with Crippen molar-refractivity contribution in [1.29, 1.82) is 0 Å².